The molecule has 1 aromatic carbocycles. The van der Waals surface area contributed by atoms with Crippen molar-refractivity contribution in [2.24, 2.45) is 5.41 Å². The van der Waals surface area contributed by atoms with Crippen molar-refractivity contribution in [1.29, 1.82) is 0 Å². The molecular formula is C15H20ClNO2. The lowest BCUT2D eigenvalue weighted by molar-refractivity contribution is -0.161. The quantitative estimate of drug-likeness (QED) is 0.680. The maximum atomic E-state index is 12.2. The summed E-state index contributed by atoms with van der Waals surface area (Å²) in [7, 11) is 0. The van der Waals surface area contributed by atoms with Crippen LogP contribution in [-0.4, -0.2) is 11.6 Å². The van der Waals surface area contributed by atoms with Crippen LogP contribution >= 0.6 is 11.6 Å². The maximum absolute atomic E-state index is 12.2. The fourth-order valence-electron chi connectivity index (χ4n) is 2.09. The van der Waals surface area contributed by atoms with Crippen LogP contribution in [0.3, 0.4) is 0 Å². The Kier molecular flexibility index (Phi) is 3.52. The number of ether oxygens (including phenoxy) is 1. The summed E-state index contributed by atoms with van der Waals surface area (Å²) in [6.45, 7) is 5.65. The van der Waals surface area contributed by atoms with E-state index in [0.717, 1.165) is 18.4 Å². The summed E-state index contributed by atoms with van der Waals surface area (Å²) in [6, 6.07) is 5.55. The molecule has 0 atom stereocenters. The van der Waals surface area contributed by atoms with Gasteiger partial charge in [0.25, 0.3) is 0 Å². The Bertz CT molecular complexity index is 501. The molecule has 2 N–H and O–H groups in total. The van der Waals surface area contributed by atoms with Crippen LogP contribution in [0.15, 0.2) is 18.2 Å². The first kappa shape index (κ1) is 14.2. The van der Waals surface area contributed by atoms with Gasteiger partial charge in [0.05, 0.1) is 16.1 Å². The Morgan fingerprint density at radius 3 is 2.58 bits per heavy atom. The fourth-order valence-corrected chi connectivity index (χ4v) is 2.28. The smallest absolute Gasteiger partial charge is 0.312 e. The van der Waals surface area contributed by atoms with E-state index in [1.807, 2.05) is 32.9 Å². The third-order valence-corrected chi connectivity index (χ3v) is 3.78. The Morgan fingerprint density at radius 1 is 1.42 bits per heavy atom. The van der Waals surface area contributed by atoms with Crippen LogP contribution in [0.1, 0.15) is 39.2 Å². The van der Waals surface area contributed by atoms with Crippen LogP contribution < -0.4 is 5.73 Å². The number of anilines is 1. The lowest BCUT2D eigenvalue weighted by Crippen LogP contribution is -2.30. The molecular weight excluding hydrogens is 262 g/mol. The Balaban J connectivity index is 2.14. The molecule has 0 amide bonds. The molecule has 1 aromatic rings. The van der Waals surface area contributed by atoms with Crippen LogP contribution in [0.2, 0.25) is 5.02 Å². The number of carbonyl (C=O) groups is 1. The van der Waals surface area contributed by atoms with Gasteiger partial charge in [0.1, 0.15) is 5.60 Å². The number of benzene rings is 1. The van der Waals surface area contributed by atoms with Crippen molar-refractivity contribution in [3.8, 4) is 0 Å². The van der Waals surface area contributed by atoms with Gasteiger partial charge in [0.15, 0.2) is 0 Å². The molecule has 0 saturated heterocycles. The van der Waals surface area contributed by atoms with Crippen LogP contribution in [0, 0.1) is 5.41 Å². The van der Waals surface area contributed by atoms with E-state index in [0.29, 0.717) is 17.1 Å². The van der Waals surface area contributed by atoms with Gasteiger partial charge in [0, 0.05) is 0 Å². The summed E-state index contributed by atoms with van der Waals surface area (Å²) < 4.78 is 5.49. The zero-order valence-electron chi connectivity index (χ0n) is 11.6. The molecule has 1 aliphatic carbocycles. The predicted octanol–water partition coefficient (Wildman–Crippen LogP) is 3.59. The standard InChI is InChI=1S/C15H20ClNO2/c1-14(2,3)19-13(18)15(7-8-15)9-10-5-4-6-11(17)12(10)16/h4-6H,7-9,17H2,1-3H3. The van der Waals surface area contributed by atoms with E-state index in [2.05, 4.69) is 0 Å². The van der Waals surface area contributed by atoms with E-state index in [1.165, 1.54) is 0 Å². The van der Waals surface area contributed by atoms with Crippen molar-refractivity contribution in [3.63, 3.8) is 0 Å². The zero-order chi connectivity index (χ0) is 14.3. The van der Waals surface area contributed by atoms with Gasteiger partial charge in [-0.15, -0.1) is 0 Å². The summed E-state index contributed by atoms with van der Waals surface area (Å²) >= 11 is 6.19. The topological polar surface area (TPSA) is 52.3 Å². The number of rotatable bonds is 3. The number of carbonyl (C=O) groups excluding carboxylic acids is 1. The fraction of sp³-hybridized carbons (Fsp3) is 0.533. The molecule has 0 radical (unpaired) electrons. The predicted molar refractivity (Wildman–Crippen MR) is 77.1 cm³/mol. The van der Waals surface area contributed by atoms with Crippen molar-refractivity contribution >= 4 is 23.3 Å². The number of halogens is 1. The van der Waals surface area contributed by atoms with Crippen LogP contribution in [0.4, 0.5) is 5.69 Å². The lowest BCUT2D eigenvalue weighted by Gasteiger charge is -2.24. The first-order valence-corrected chi connectivity index (χ1v) is 6.88. The number of nitrogens with two attached hydrogens (primary N) is 1. The summed E-state index contributed by atoms with van der Waals surface area (Å²) in [5.74, 6) is -0.126. The second-order valence-electron chi connectivity index (χ2n) is 6.28. The number of esters is 1. The van der Waals surface area contributed by atoms with E-state index in [1.54, 1.807) is 6.07 Å². The average Bonchev–Trinajstić information content (AvgIpc) is 3.04. The lowest BCUT2D eigenvalue weighted by atomic mass is 9.96. The molecule has 0 aromatic heterocycles. The van der Waals surface area contributed by atoms with E-state index in [9.17, 15) is 4.79 Å². The van der Waals surface area contributed by atoms with E-state index in [4.69, 9.17) is 22.1 Å². The molecule has 1 fully saturated rings. The molecule has 0 spiro atoms. The van der Waals surface area contributed by atoms with Gasteiger partial charge in [-0.1, -0.05) is 23.7 Å². The minimum atomic E-state index is -0.452. The van der Waals surface area contributed by atoms with Crippen LogP contribution in [0.25, 0.3) is 0 Å². The van der Waals surface area contributed by atoms with Crippen molar-refractivity contribution in [2.75, 3.05) is 5.73 Å². The minimum Gasteiger partial charge on any atom is -0.460 e. The highest BCUT2D eigenvalue weighted by molar-refractivity contribution is 6.33. The third kappa shape index (κ3) is 3.21. The van der Waals surface area contributed by atoms with E-state index in [-0.39, 0.29) is 5.97 Å². The largest absolute Gasteiger partial charge is 0.460 e. The monoisotopic (exact) mass is 281 g/mol. The van der Waals surface area contributed by atoms with Gasteiger partial charge in [-0.2, -0.15) is 0 Å². The van der Waals surface area contributed by atoms with Crippen LogP contribution in [-0.2, 0) is 16.0 Å². The first-order valence-electron chi connectivity index (χ1n) is 6.50. The van der Waals surface area contributed by atoms with E-state index >= 15 is 0 Å². The van der Waals surface area contributed by atoms with Crippen LogP contribution in [0.5, 0.6) is 0 Å². The SMILES string of the molecule is CC(C)(C)OC(=O)C1(Cc2cccc(N)c2Cl)CC1. The molecule has 2 rings (SSSR count). The minimum absolute atomic E-state index is 0.126. The Labute approximate surface area is 119 Å². The molecule has 0 bridgehead atoms. The van der Waals surface area contributed by atoms with Gasteiger partial charge >= 0.3 is 5.97 Å². The molecule has 0 unspecified atom stereocenters. The zero-order valence-corrected chi connectivity index (χ0v) is 12.4. The van der Waals surface area contributed by atoms with E-state index < -0.39 is 11.0 Å². The first-order chi connectivity index (χ1) is 8.73. The highest BCUT2D eigenvalue weighted by Crippen LogP contribution is 2.51. The second kappa shape index (κ2) is 4.71. The van der Waals surface area contributed by atoms with Gasteiger partial charge in [-0.25, -0.2) is 0 Å². The number of hydrogen-bond donors (Lipinski definition) is 1. The summed E-state index contributed by atoms with van der Waals surface area (Å²) in [5, 5.41) is 0.553. The molecule has 19 heavy (non-hydrogen) atoms. The van der Waals surface area contributed by atoms with Crippen molar-refractivity contribution in [3.05, 3.63) is 28.8 Å². The second-order valence-corrected chi connectivity index (χ2v) is 6.66. The highest BCUT2D eigenvalue weighted by atomic mass is 35.5. The normalized spacial score (nSPS) is 17.1. The Hall–Kier alpha value is -1.22. The molecule has 3 nitrogen and oxygen atoms in total. The number of nitrogen functional groups attached to an aromatic ring is 1. The average molecular weight is 282 g/mol. The van der Waals surface area contributed by atoms with Gasteiger partial charge in [-0.3, -0.25) is 4.79 Å². The van der Waals surface area contributed by atoms with Crippen molar-refractivity contribution in [1.82, 2.24) is 0 Å². The summed E-state index contributed by atoms with van der Waals surface area (Å²) in [4.78, 5) is 12.2. The van der Waals surface area contributed by atoms with Gasteiger partial charge in [0.2, 0.25) is 0 Å². The molecule has 1 aliphatic rings. The van der Waals surface area contributed by atoms with Gasteiger partial charge < -0.3 is 10.5 Å². The summed E-state index contributed by atoms with van der Waals surface area (Å²) in [5.41, 5.74) is 6.42. The molecule has 0 heterocycles. The molecule has 4 heteroatoms. The van der Waals surface area contributed by atoms with Gasteiger partial charge in [-0.05, 0) is 51.7 Å². The third-order valence-electron chi connectivity index (χ3n) is 3.32. The molecule has 104 valence electrons. The number of hydrogen-bond acceptors (Lipinski definition) is 3. The summed E-state index contributed by atoms with van der Waals surface area (Å²) in [6.07, 6.45) is 2.31. The molecule has 1 saturated carbocycles. The highest BCUT2D eigenvalue weighted by Gasteiger charge is 2.52. The molecule has 0 aliphatic heterocycles. The van der Waals surface area contributed by atoms with Crippen molar-refractivity contribution in [2.45, 2.75) is 45.6 Å². The Morgan fingerprint density at radius 2 is 2.05 bits per heavy atom. The maximum Gasteiger partial charge on any atom is 0.312 e. The van der Waals surface area contributed by atoms with Crippen molar-refractivity contribution < 1.29 is 9.53 Å².